The molecule has 2 heterocycles. The first-order valence-corrected chi connectivity index (χ1v) is 9.31. The summed E-state index contributed by atoms with van der Waals surface area (Å²) in [6.45, 7) is -0.167. The fourth-order valence-electron chi connectivity index (χ4n) is 2.31. The van der Waals surface area contributed by atoms with E-state index in [1.165, 1.54) is 11.3 Å². The monoisotopic (exact) mass is 419 g/mol. The third kappa shape index (κ3) is 4.02. The van der Waals surface area contributed by atoms with Crippen molar-refractivity contribution in [3.05, 3.63) is 58.8 Å². The highest BCUT2D eigenvalue weighted by Gasteiger charge is 2.09. The fraction of sp³-hybridized carbons (Fsp3) is 0.0588. The molecule has 1 N–H and O–H groups in total. The summed E-state index contributed by atoms with van der Waals surface area (Å²) in [4.78, 5) is 12.8. The van der Waals surface area contributed by atoms with Crippen LogP contribution in [0.3, 0.4) is 0 Å². The molecule has 0 unspecified atom stereocenters. The maximum absolute atomic E-state index is 12.1. The van der Waals surface area contributed by atoms with E-state index >= 15 is 0 Å². The molecular weight excluding hydrogens is 409 g/mol. The molecular formula is C17H11Cl2N5O2S. The van der Waals surface area contributed by atoms with Gasteiger partial charge in [-0.1, -0.05) is 34.5 Å². The van der Waals surface area contributed by atoms with Crippen molar-refractivity contribution in [3.8, 4) is 16.3 Å². The summed E-state index contributed by atoms with van der Waals surface area (Å²) in [5.74, 6) is 0.0994. The lowest BCUT2D eigenvalue weighted by Gasteiger charge is -2.09. The molecule has 0 aliphatic heterocycles. The first-order valence-electron chi connectivity index (χ1n) is 7.73. The molecule has 0 saturated carbocycles. The van der Waals surface area contributed by atoms with Crippen LogP contribution in [0.5, 0.6) is 5.75 Å². The lowest BCUT2D eigenvalue weighted by molar-refractivity contribution is -0.118. The molecule has 1 amide bonds. The smallest absolute Gasteiger partial charge is 0.262 e. The maximum Gasteiger partial charge on any atom is 0.262 e. The standard InChI is InChI=1S/C17H11Cl2N5O2S/c18-11-3-6-14(13(19)7-11)26-8-15(25)21-12-4-1-10(2-5-12)16-23-24-9-20-22-17(24)27-16/h1-7,9H,8H2,(H,21,25). The lowest BCUT2D eigenvalue weighted by Crippen LogP contribution is -2.20. The number of carbonyl (C=O) groups is 1. The maximum atomic E-state index is 12.1. The summed E-state index contributed by atoms with van der Waals surface area (Å²) in [6, 6.07) is 12.2. The molecule has 0 spiro atoms. The van der Waals surface area contributed by atoms with Crippen LogP contribution >= 0.6 is 34.5 Å². The largest absolute Gasteiger partial charge is 0.482 e. The Bertz CT molecular complexity index is 1080. The number of nitrogens with zero attached hydrogens (tertiary/aromatic N) is 4. The van der Waals surface area contributed by atoms with Gasteiger partial charge in [0, 0.05) is 16.3 Å². The van der Waals surface area contributed by atoms with Gasteiger partial charge in [-0.3, -0.25) is 4.79 Å². The minimum atomic E-state index is -0.299. The zero-order valence-corrected chi connectivity index (χ0v) is 15.9. The van der Waals surface area contributed by atoms with Crippen LogP contribution in [-0.2, 0) is 4.79 Å². The Morgan fingerprint density at radius 3 is 2.74 bits per heavy atom. The molecule has 4 rings (SSSR count). The van der Waals surface area contributed by atoms with Gasteiger partial charge in [-0.05, 0) is 42.5 Å². The van der Waals surface area contributed by atoms with Crippen molar-refractivity contribution in [2.24, 2.45) is 0 Å². The Labute approximate surface area is 167 Å². The highest BCUT2D eigenvalue weighted by atomic mass is 35.5. The molecule has 10 heteroatoms. The van der Waals surface area contributed by atoms with E-state index in [0.717, 1.165) is 15.5 Å². The zero-order valence-electron chi connectivity index (χ0n) is 13.6. The summed E-state index contributed by atoms with van der Waals surface area (Å²) in [5, 5.41) is 16.6. The van der Waals surface area contributed by atoms with Gasteiger partial charge in [-0.2, -0.15) is 9.61 Å². The van der Waals surface area contributed by atoms with Crippen LogP contribution in [0.4, 0.5) is 5.69 Å². The van der Waals surface area contributed by atoms with Crippen LogP contribution in [0.2, 0.25) is 10.0 Å². The normalized spacial score (nSPS) is 10.9. The van der Waals surface area contributed by atoms with E-state index < -0.39 is 0 Å². The predicted molar refractivity (Wildman–Crippen MR) is 105 cm³/mol. The molecule has 0 saturated heterocycles. The van der Waals surface area contributed by atoms with E-state index in [9.17, 15) is 4.79 Å². The number of carbonyl (C=O) groups excluding carboxylic acids is 1. The van der Waals surface area contributed by atoms with Crippen LogP contribution in [0.15, 0.2) is 48.8 Å². The molecule has 0 radical (unpaired) electrons. The van der Waals surface area contributed by atoms with Crippen LogP contribution < -0.4 is 10.1 Å². The number of hydrogen-bond donors (Lipinski definition) is 1. The van der Waals surface area contributed by atoms with Crippen LogP contribution in [0.25, 0.3) is 15.5 Å². The van der Waals surface area contributed by atoms with Gasteiger partial charge < -0.3 is 10.1 Å². The van der Waals surface area contributed by atoms with Crippen molar-refractivity contribution in [1.82, 2.24) is 19.8 Å². The van der Waals surface area contributed by atoms with Crippen molar-refractivity contribution in [2.45, 2.75) is 0 Å². The molecule has 4 aromatic rings. The number of amides is 1. The SMILES string of the molecule is O=C(COc1ccc(Cl)cc1Cl)Nc1ccc(-c2nn3cnnc3s2)cc1. The minimum absolute atomic E-state index is 0.167. The summed E-state index contributed by atoms with van der Waals surface area (Å²) < 4.78 is 7.04. The zero-order chi connectivity index (χ0) is 18.8. The Balaban J connectivity index is 1.37. The average Bonchev–Trinajstić information content (AvgIpc) is 3.23. The second kappa shape index (κ2) is 7.51. The second-order valence-corrected chi connectivity index (χ2v) is 7.25. The molecule has 7 nitrogen and oxygen atoms in total. The number of anilines is 1. The molecule has 27 heavy (non-hydrogen) atoms. The van der Waals surface area contributed by atoms with Crippen molar-refractivity contribution < 1.29 is 9.53 Å². The Kier molecular flexibility index (Phi) is 4.93. The van der Waals surface area contributed by atoms with Gasteiger partial charge in [0.25, 0.3) is 5.91 Å². The number of fused-ring (bicyclic) bond motifs is 1. The summed E-state index contributed by atoms with van der Waals surface area (Å²) in [5.41, 5.74) is 1.57. The molecule has 2 aromatic carbocycles. The molecule has 0 atom stereocenters. The number of halogens is 2. The average molecular weight is 420 g/mol. The number of ether oxygens (including phenoxy) is 1. The molecule has 0 aliphatic carbocycles. The van der Waals surface area contributed by atoms with Gasteiger partial charge in [0.1, 0.15) is 17.1 Å². The fourth-order valence-corrected chi connectivity index (χ4v) is 3.59. The number of benzene rings is 2. The predicted octanol–water partition coefficient (Wildman–Crippen LogP) is 4.18. The van der Waals surface area contributed by atoms with Gasteiger partial charge >= 0.3 is 0 Å². The van der Waals surface area contributed by atoms with Gasteiger partial charge in [0.2, 0.25) is 4.96 Å². The van der Waals surface area contributed by atoms with Crippen molar-refractivity contribution in [1.29, 1.82) is 0 Å². The van der Waals surface area contributed by atoms with E-state index in [-0.39, 0.29) is 12.5 Å². The molecule has 2 aromatic heterocycles. The molecule has 0 fully saturated rings. The van der Waals surface area contributed by atoms with Gasteiger partial charge in [0.05, 0.1) is 5.02 Å². The number of aromatic nitrogens is 4. The van der Waals surface area contributed by atoms with Crippen LogP contribution in [0, 0.1) is 0 Å². The second-order valence-electron chi connectivity index (χ2n) is 5.45. The first-order chi connectivity index (χ1) is 13.1. The molecule has 0 bridgehead atoms. The first kappa shape index (κ1) is 17.7. The van der Waals surface area contributed by atoms with Gasteiger partial charge in [0.15, 0.2) is 6.61 Å². The van der Waals surface area contributed by atoms with Crippen molar-refractivity contribution >= 4 is 51.1 Å². The number of nitrogens with one attached hydrogen (secondary N) is 1. The topological polar surface area (TPSA) is 81.4 Å². The van der Waals surface area contributed by atoms with E-state index in [4.69, 9.17) is 27.9 Å². The van der Waals surface area contributed by atoms with Crippen molar-refractivity contribution in [2.75, 3.05) is 11.9 Å². The Hall–Kier alpha value is -2.68. The van der Waals surface area contributed by atoms with Gasteiger partial charge in [-0.25, -0.2) is 0 Å². The number of hydrogen-bond acceptors (Lipinski definition) is 6. The van der Waals surface area contributed by atoms with E-state index in [0.29, 0.717) is 21.5 Å². The number of rotatable bonds is 5. The quantitative estimate of drug-likeness (QED) is 0.524. The van der Waals surface area contributed by atoms with E-state index in [2.05, 4.69) is 20.6 Å². The Morgan fingerprint density at radius 1 is 1.19 bits per heavy atom. The van der Waals surface area contributed by atoms with E-state index in [1.807, 2.05) is 12.1 Å². The Morgan fingerprint density at radius 2 is 2.00 bits per heavy atom. The van der Waals surface area contributed by atoms with Crippen LogP contribution in [-0.4, -0.2) is 32.3 Å². The minimum Gasteiger partial charge on any atom is -0.482 e. The summed E-state index contributed by atoms with van der Waals surface area (Å²) in [6.07, 6.45) is 1.55. The van der Waals surface area contributed by atoms with Gasteiger partial charge in [-0.15, -0.1) is 10.2 Å². The van der Waals surface area contributed by atoms with Crippen molar-refractivity contribution in [3.63, 3.8) is 0 Å². The van der Waals surface area contributed by atoms with Crippen LogP contribution in [0.1, 0.15) is 0 Å². The lowest BCUT2D eigenvalue weighted by atomic mass is 10.2. The molecule has 0 aliphatic rings. The molecule has 136 valence electrons. The summed E-state index contributed by atoms with van der Waals surface area (Å²) in [7, 11) is 0. The third-order valence-electron chi connectivity index (χ3n) is 3.56. The highest BCUT2D eigenvalue weighted by molar-refractivity contribution is 7.19. The highest BCUT2D eigenvalue weighted by Crippen LogP contribution is 2.28. The third-order valence-corrected chi connectivity index (χ3v) is 5.05. The van der Waals surface area contributed by atoms with E-state index in [1.54, 1.807) is 41.2 Å². The summed E-state index contributed by atoms with van der Waals surface area (Å²) >= 11 is 13.3.